The SMILES string of the molecule is OCCC1(CNCC(O)c2ccc(F)cc2)CC1. The van der Waals surface area contributed by atoms with E-state index in [1.165, 1.54) is 12.1 Å². The smallest absolute Gasteiger partial charge is 0.123 e. The minimum Gasteiger partial charge on any atom is -0.396 e. The van der Waals surface area contributed by atoms with Gasteiger partial charge in [0.05, 0.1) is 6.10 Å². The first-order valence-electron chi connectivity index (χ1n) is 6.40. The summed E-state index contributed by atoms with van der Waals surface area (Å²) in [7, 11) is 0. The Morgan fingerprint density at radius 2 is 1.94 bits per heavy atom. The number of hydrogen-bond acceptors (Lipinski definition) is 3. The van der Waals surface area contributed by atoms with Crippen molar-refractivity contribution in [2.75, 3.05) is 19.7 Å². The third-order valence-electron chi connectivity index (χ3n) is 3.69. The molecule has 0 heterocycles. The van der Waals surface area contributed by atoms with Gasteiger partial charge in [-0.3, -0.25) is 0 Å². The van der Waals surface area contributed by atoms with E-state index in [0.717, 1.165) is 31.4 Å². The standard InChI is InChI=1S/C14H20FNO2/c15-12-3-1-11(2-4-12)13(18)9-16-10-14(5-6-14)7-8-17/h1-4,13,16-18H,5-10H2. The van der Waals surface area contributed by atoms with Crippen LogP contribution in [0.5, 0.6) is 0 Å². The molecule has 0 amide bonds. The minimum atomic E-state index is -0.615. The quantitative estimate of drug-likeness (QED) is 0.692. The van der Waals surface area contributed by atoms with E-state index < -0.39 is 6.10 Å². The van der Waals surface area contributed by atoms with E-state index in [2.05, 4.69) is 5.32 Å². The molecule has 3 N–H and O–H groups in total. The monoisotopic (exact) mass is 253 g/mol. The van der Waals surface area contributed by atoms with E-state index in [9.17, 15) is 9.50 Å². The van der Waals surface area contributed by atoms with Gasteiger partial charge < -0.3 is 15.5 Å². The van der Waals surface area contributed by atoms with Crippen LogP contribution in [0.1, 0.15) is 30.9 Å². The lowest BCUT2D eigenvalue weighted by atomic mass is 10.0. The Kier molecular flexibility index (Phi) is 4.32. The normalized spacial score (nSPS) is 18.6. The Morgan fingerprint density at radius 1 is 1.28 bits per heavy atom. The van der Waals surface area contributed by atoms with Crippen molar-refractivity contribution in [3.63, 3.8) is 0 Å². The van der Waals surface area contributed by atoms with Crippen molar-refractivity contribution in [3.8, 4) is 0 Å². The molecule has 1 aliphatic rings. The van der Waals surface area contributed by atoms with Crippen LogP contribution in [0.25, 0.3) is 0 Å². The van der Waals surface area contributed by atoms with Crippen LogP contribution in [-0.2, 0) is 0 Å². The number of halogens is 1. The highest BCUT2D eigenvalue weighted by Gasteiger charge is 2.41. The molecule has 1 saturated carbocycles. The Morgan fingerprint density at radius 3 is 2.50 bits per heavy atom. The van der Waals surface area contributed by atoms with Crippen LogP contribution in [0.4, 0.5) is 4.39 Å². The molecule has 2 rings (SSSR count). The first kappa shape index (κ1) is 13.5. The zero-order valence-electron chi connectivity index (χ0n) is 10.4. The second kappa shape index (κ2) is 5.78. The lowest BCUT2D eigenvalue weighted by Crippen LogP contribution is -2.28. The highest BCUT2D eigenvalue weighted by Crippen LogP contribution is 2.47. The van der Waals surface area contributed by atoms with Crippen molar-refractivity contribution in [2.24, 2.45) is 5.41 Å². The third-order valence-corrected chi connectivity index (χ3v) is 3.69. The molecule has 0 saturated heterocycles. The summed E-state index contributed by atoms with van der Waals surface area (Å²) in [6.07, 6.45) is 2.50. The van der Waals surface area contributed by atoms with Crippen LogP contribution in [0, 0.1) is 11.2 Å². The first-order valence-corrected chi connectivity index (χ1v) is 6.40. The van der Waals surface area contributed by atoms with Gasteiger partial charge in [0, 0.05) is 19.7 Å². The maximum absolute atomic E-state index is 12.7. The maximum atomic E-state index is 12.7. The van der Waals surface area contributed by atoms with Crippen molar-refractivity contribution in [1.29, 1.82) is 0 Å². The highest BCUT2D eigenvalue weighted by atomic mass is 19.1. The summed E-state index contributed by atoms with van der Waals surface area (Å²) in [6, 6.07) is 5.91. The number of aliphatic hydroxyl groups is 2. The van der Waals surface area contributed by atoms with Crippen LogP contribution in [0.2, 0.25) is 0 Å². The van der Waals surface area contributed by atoms with Gasteiger partial charge in [0.1, 0.15) is 5.82 Å². The molecule has 1 aromatic rings. The minimum absolute atomic E-state index is 0.224. The molecule has 100 valence electrons. The highest BCUT2D eigenvalue weighted by molar-refractivity contribution is 5.18. The lowest BCUT2D eigenvalue weighted by Gasteiger charge is -2.17. The molecule has 0 aliphatic heterocycles. The molecular weight excluding hydrogens is 233 g/mol. The van der Waals surface area contributed by atoms with E-state index in [1.54, 1.807) is 12.1 Å². The Balaban J connectivity index is 1.75. The molecule has 1 fully saturated rings. The molecule has 1 aromatic carbocycles. The summed E-state index contributed by atoms with van der Waals surface area (Å²) in [5.74, 6) is -0.293. The second-order valence-electron chi connectivity index (χ2n) is 5.17. The molecule has 18 heavy (non-hydrogen) atoms. The fourth-order valence-corrected chi connectivity index (χ4v) is 2.21. The van der Waals surface area contributed by atoms with Gasteiger partial charge in [0.15, 0.2) is 0 Å². The summed E-state index contributed by atoms with van der Waals surface area (Å²) in [6.45, 7) is 1.51. The average molecular weight is 253 g/mol. The predicted molar refractivity (Wildman–Crippen MR) is 67.6 cm³/mol. The van der Waals surface area contributed by atoms with Crippen LogP contribution in [-0.4, -0.2) is 29.9 Å². The molecular formula is C14H20FNO2. The number of rotatable bonds is 7. The fourth-order valence-electron chi connectivity index (χ4n) is 2.21. The van der Waals surface area contributed by atoms with E-state index in [4.69, 9.17) is 5.11 Å². The van der Waals surface area contributed by atoms with Gasteiger partial charge in [-0.15, -0.1) is 0 Å². The van der Waals surface area contributed by atoms with Gasteiger partial charge in [0.2, 0.25) is 0 Å². The molecule has 1 atom stereocenters. The van der Waals surface area contributed by atoms with Crippen molar-refractivity contribution in [2.45, 2.75) is 25.4 Å². The maximum Gasteiger partial charge on any atom is 0.123 e. The second-order valence-corrected chi connectivity index (χ2v) is 5.17. The summed E-state index contributed by atoms with van der Waals surface area (Å²) >= 11 is 0. The van der Waals surface area contributed by atoms with Crippen molar-refractivity contribution >= 4 is 0 Å². The van der Waals surface area contributed by atoms with E-state index in [-0.39, 0.29) is 17.8 Å². The molecule has 1 unspecified atom stereocenters. The van der Waals surface area contributed by atoms with Gasteiger partial charge >= 0.3 is 0 Å². The molecule has 4 heteroatoms. The number of benzene rings is 1. The molecule has 0 radical (unpaired) electrons. The van der Waals surface area contributed by atoms with Crippen LogP contribution >= 0.6 is 0 Å². The summed E-state index contributed by atoms with van der Waals surface area (Å²) < 4.78 is 12.7. The summed E-state index contributed by atoms with van der Waals surface area (Å²) in [4.78, 5) is 0. The molecule has 0 bridgehead atoms. The zero-order chi connectivity index (χ0) is 13.0. The first-order chi connectivity index (χ1) is 8.65. The predicted octanol–water partition coefficient (Wildman–Crippen LogP) is 1.61. The average Bonchev–Trinajstić information content (AvgIpc) is 3.10. The molecule has 3 nitrogen and oxygen atoms in total. The van der Waals surface area contributed by atoms with Gasteiger partial charge in [-0.25, -0.2) is 4.39 Å². The van der Waals surface area contributed by atoms with Crippen molar-refractivity contribution < 1.29 is 14.6 Å². The van der Waals surface area contributed by atoms with Gasteiger partial charge in [-0.2, -0.15) is 0 Å². The van der Waals surface area contributed by atoms with Crippen LogP contribution in [0.3, 0.4) is 0 Å². The van der Waals surface area contributed by atoms with Crippen molar-refractivity contribution in [3.05, 3.63) is 35.6 Å². The van der Waals surface area contributed by atoms with Gasteiger partial charge in [-0.05, 0) is 42.4 Å². The largest absolute Gasteiger partial charge is 0.396 e. The summed E-state index contributed by atoms with van der Waals surface area (Å²) in [5.41, 5.74) is 0.966. The van der Waals surface area contributed by atoms with Crippen LogP contribution in [0.15, 0.2) is 24.3 Å². The van der Waals surface area contributed by atoms with Crippen LogP contribution < -0.4 is 5.32 Å². The Labute approximate surface area is 107 Å². The van der Waals surface area contributed by atoms with E-state index in [0.29, 0.717) is 6.54 Å². The zero-order valence-corrected chi connectivity index (χ0v) is 10.4. The number of hydrogen-bond donors (Lipinski definition) is 3. The molecule has 1 aliphatic carbocycles. The summed E-state index contributed by atoms with van der Waals surface area (Å²) in [5, 5.41) is 22.1. The third kappa shape index (κ3) is 3.51. The Bertz CT molecular complexity index is 376. The van der Waals surface area contributed by atoms with Gasteiger partial charge in [0.25, 0.3) is 0 Å². The number of aliphatic hydroxyl groups excluding tert-OH is 2. The van der Waals surface area contributed by atoms with E-state index in [1.807, 2.05) is 0 Å². The molecule has 0 spiro atoms. The lowest BCUT2D eigenvalue weighted by molar-refractivity contribution is 0.169. The van der Waals surface area contributed by atoms with Gasteiger partial charge in [-0.1, -0.05) is 12.1 Å². The van der Waals surface area contributed by atoms with Crippen molar-refractivity contribution in [1.82, 2.24) is 5.32 Å². The number of nitrogens with one attached hydrogen (secondary N) is 1. The Hall–Kier alpha value is -0.970. The topological polar surface area (TPSA) is 52.5 Å². The van der Waals surface area contributed by atoms with E-state index >= 15 is 0 Å². The fraction of sp³-hybridized carbons (Fsp3) is 0.571. The molecule has 0 aromatic heterocycles.